The predicted molar refractivity (Wildman–Crippen MR) is 108 cm³/mol. The maximum Gasteiger partial charge on any atom is 0.228 e. The van der Waals surface area contributed by atoms with Gasteiger partial charge in [-0.1, -0.05) is 0 Å². The molecule has 7 nitrogen and oxygen atoms in total. The molecule has 0 saturated carbocycles. The summed E-state index contributed by atoms with van der Waals surface area (Å²) in [6.45, 7) is 0.583. The van der Waals surface area contributed by atoms with Crippen LogP contribution in [-0.4, -0.2) is 49.9 Å². The molecule has 28 heavy (non-hydrogen) atoms. The monoisotopic (exact) mass is 407 g/mol. The third-order valence-electron chi connectivity index (χ3n) is 4.62. The van der Waals surface area contributed by atoms with Crippen molar-refractivity contribution in [2.24, 2.45) is 0 Å². The van der Waals surface area contributed by atoms with Crippen molar-refractivity contribution in [1.82, 2.24) is 4.98 Å². The van der Waals surface area contributed by atoms with Crippen molar-refractivity contribution in [3.05, 3.63) is 35.6 Å². The summed E-state index contributed by atoms with van der Waals surface area (Å²) in [5.74, 6) is 1.04. The van der Waals surface area contributed by atoms with Gasteiger partial charge in [0.05, 0.1) is 20.8 Å². The lowest BCUT2D eigenvalue weighted by atomic mass is 9.97. The second kappa shape index (κ2) is 8.71. The van der Waals surface area contributed by atoms with Crippen LogP contribution in [0.4, 0.5) is 16.0 Å². The molecule has 0 spiro atoms. The molecule has 1 aliphatic rings. The summed E-state index contributed by atoms with van der Waals surface area (Å²) in [6.07, 6.45) is 0.183. The molecule has 2 N–H and O–H groups in total. The molecule has 1 aliphatic heterocycles. The normalized spacial score (nSPS) is 16.4. The Morgan fingerprint density at radius 2 is 2.00 bits per heavy atom. The smallest absolute Gasteiger partial charge is 0.228 e. The molecule has 0 radical (unpaired) electrons. The molecule has 3 rings (SSSR count). The zero-order chi connectivity index (χ0) is 20.3. The summed E-state index contributed by atoms with van der Waals surface area (Å²) in [6, 6.07) is 6.41. The number of aliphatic hydroxyl groups is 1. The maximum atomic E-state index is 14.6. The number of carbonyl (C=O) groups excluding carboxylic acids is 1. The molecule has 1 unspecified atom stereocenters. The van der Waals surface area contributed by atoms with Crippen LogP contribution in [0.3, 0.4) is 0 Å². The molecule has 0 aliphatic carbocycles. The van der Waals surface area contributed by atoms with Gasteiger partial charge in [-0.05, 0) is 11.4 Å². The fourth-order valence-electron chi connectivity index (χ4n) is 3.31. The first kappa shape index (κ1) is 20.3. The number of ether oxygens (including phenoxy) is 2. The molecule has 9 heteroatoms. The second-order valence-electron chi connectivity index (χ2n) is 6.42. The average molecular weight is 407 g/mol. The minimum absolute atomic E-state index is 0.0490. The van der Waals surface area contributed by atoms with Gasteiger partial charge >= 0.3 is 0 Å². The van der Waals surface area contributed by atoms with E-state index < -0.39 is 5.82 Å². The highest BCUT2D eigenvalue weighted by Gasteiger charge is 2.35. The Morgan fingerprint density at radius 1 is 1.29 bits per heavy atom. The molecule has 1 aromatic carbocycles. The molecule has 1 aromatic heterocycles. The SMILES string of the molecule is COc1cc(NCCO)nc(N2C[C@@H](c3c(F)cc(OC)cc3P)CC2=O)c1. The summed E-state index contributed by atoms with van der Waals surface area (Å²) in [4.78, 5) is 18.6. The van der Waals surface area contributed by atoms with Gasteiger partial charge in [-0.15, -0.1) is 9.24 Å². The van der Waals surface area contributed by atoms with Gasteiger partial charge in [0, 0.05) is 49.2 Å². The molecular weight excluding hydrogens is 384 g/mol. The standard InChI is InChI=1S/C19H23FN3O4P/c1-26-12-6-14(20)19(15(28)7-12)11-5-18(25)23(10-11)17-9-13(27-2)8-16(22-17)21-3-4-24/h6-9,11,24H,3-5,10,28H2,1-2H3,(H,21,22)/t11-/m0/s1. The Morgan fingerprint density at radius 3 is 2.64 bits per heavy atom. The van der Waals surface area contributed by atoms with Crippen LogP contribution in [0.25, 0.3) is 0 Å². The summed E-state index contributed by atoms with van der Waals surface area (Å²) < 4.78 is 25.0. The van der Waals surface area contributed by atoms with Crippen LogP contribution in [0.2, 0.25) is 0 Å². The summed E-state index contributed by atoms with van der Waals surface area (Å²) in [7, 11) is 5.52. The number of nitrogens with zero attached hydrogens (tertiary/aromatic N) is 2. The van der Waals surface area contributed by atoms with Gasteiger partial charge in [-0.3, -0.25) is 9.69 Å². The molecule has 150 valence electrons. The van der Waals surface area contributed by atoms with E-state index in [1.54, 1.807) is 18.2 Å². The van der Waals surface area contributed by atoms with E-state index in [-0.39, 0.29) is 24.9 Å². The van der Waals surface area contributed by atoms with Crippen LogP contribution >= 0.6 is 9.24 Å². The van der Waals surface area contributed by atoms with E-state index >= 15 is 0 Å². The zero-order valence-corrected chi connectivity index (χ0v) is 16.9. The third kappa shape index (κ3) is 4.18. The van der Waals surface area contributed by atoms with Gasteiger partial charge in [0.25, 0.3) is 0 Å². The minimum atomic E-state index is -0.395. The summed E-state index contributed by atoms with van der Waals surface area (Å²) in [5.41, 5.74) is 0.489. The largest absolute Gasteiger partial charge is 0.497 e. The van der Waals surface area contributed by atoms with E-state index in [2.05, 4.69) is 19.5 Å². The Balaban J connectivity index is 1.89. The Labute approximate surface area is 165 Å². The number of aliphatic hydroxyl groups excluding tert-OH is 1. The van der Waals surface area contributed by atoms with Gasteiger partial charge in [-0.25, -0.2) is 9.37 Å². The van der Waals surface area contributed by atoms with Crippen molar-refractivity contribution in [2.45, 2.75) is 12.3 Å². The Hall–Kier alpha value is -2.44. The van der Waals surface area contributed by atoms with Crippen molar-refractivity contribution >= 4 is 32.1 Å². The highest BCUT2D eigenvalue weighted by Crippen LogP contribution is 2.35. The fraction of sp³-hybridized carbons (Fsp3) is 0.368. The van der Waals surface area contributed by atoms with Gasteiger partial charge < -0.3 is 19.9 Å². The third-order valence-corrected chi connectivity index (χ3v) is 5.10. The van der Waals surface area contributed by atoms with E-state index in [0.29, 0.717) is 47.1 Å². The summed E-state index contributed by atoms with van der Waals surface area (Å²) >= 11 is 0. The highest BCUT2D eigenvalue weighted by atomic mass is 31.0. The zero-order valence-electron chi connectivity index (χ0n) is 15.7. The quantitative estimate of drug-likeness (QED) is 0.680. The van der Waals surface area contributed by atoms with E-state index in [4.69, 9.17) is 14.6 Å². The van der Waals surface area contributed by atoms with Crippen LogP contribution in [0, 0.1) is 5.82 Å². The average Bonchev–Trinajstić information content (AvgIpc) is 3.06. The van der Waals surface area contributed by atoms with Crippen LogP contribution in [0.1, 0.15) is 17.9 Å². The second-order valence-corrected chi connectivity index (χ2v) is 7.04. The lowest BCUT2D eigenvalue weighted by molar-refractivity contribution is -0.117. The fourth-order valence-corrected chi connectivity index (χ4v) is 3.84. The molecule has 2 heterocycles. The number of benzene rings is 1. The van der Waals surface area contributed by atoms with Crippen LogP contribution in [-0.2, 0) is 4.79 Å². The van der Waals surface area contributed by atoms with Crippen LogP contribution in [0.5, 0.6) is 11.5 Å². The number of nitrogens with one attached hydrogen (secondary N) is 1. The van der Waals surface area contributed by atoms with E-state index in [1.807, 2.05) is 0 Å². The molecule has 1 amide bonds. The number of amides is 1. The Kier molecular flexibility index (Phi) is 6.31. The lowest BCUT2D eigenvalue weighted by Crippen LogP contribution is -2.26. The number of halogens is 1. The number of anilines is 2. The molecule has 1 saturated heterocycles. The van der Waals surface area contributed by atoms with E-state index in [9.17, 15) is 9.18 Å². The number of aromatic nitrogens is 1. The molecular formula is C19H23FN3O4P. The van der Waals surface area contributed by atoms with Crippen molar-refractivity contribution in [2.75, 3.05) is 44.1 Å². The van der Waals surface area contributed by atoms with Crippen molar-refractivity contribution in [3.8, 4) is 11.5 Å². The van der Waals surface area contributed by atoms with Crippen molar-refractivity contribution < 1.29 is 23.8 Å². The first-order chi connectivity index (χ1) is 13.5. The van der Waals surface area contributed by atoms with Crippen molar-refractivity contribution in [3.63, 3.8) is 0 Å². The van der Waals surface area contributed by atoms with E-state index in [0.717, 1.165) is 0 Å². The number of carbonyl (C=O) groups is 1. The maximum absolute atomic E-state index is 14.6. The molecule has 1 fully saturated rings. The van der Waals surface area contributed by atoms with Gasteiger partial charge in [0.2, 0.25) is 5.91 Å². The molecule has 2 aromatic rings. The topological polar surface area (TPSA) is 83.9 Å². The van der Waals surface area contributed by atoms with Crippen LogP contribution in [0.15, 0.2) is 24.3 Å². The van der Waals surface area contributed by atoms with Gasteiger partial charge in [0.15, 0.2) is 0 Å². The predicted octanol–water partition coefficient (Wildman–Crippen LogP) is 1.66. The van der Waals surface area contributed by atoms with Crippen molar-refractivity contribution in [1.29, 1.82) is 0 Å². The van der Waals surface area contributed by atoms with Gasteiger partial charge in [0.1, 0.15) is 29.0 Å². The lowest BCUT2D eigenvalue weighted by Gasteiger charge is -2.19. The summed E-state index contributed by atoms with van der Waals surface area (Å²) in [5, 5.41) is 12.6. The number of rotatable bonds is 7. The highest BCUT2D eigenvalue weighted by molar-refractivity contribution is 7.27. The number of hydrogen-bond acceptors (Lipinski definition) is 6. The van der Waals surface area contributed by atoms with Crippen LogP contribution < -0.4 is 25.0 Å². The first-order valence-electron chi connectivity index (χ1n) is 8.81. The molecule has 2 atom stereocenters. The minimum Gasteiger partial charge on any atom is -0.497 e. The number of methoxy groups -OCH3 is 2. The van der Waals surface area contributed by atoms with E-state index in [1.165, 1.54) is 25.2 Å². The van der Waals surface area contributed by atoms with Gasteiger partial charge in [-0.2, -0.15) is 0 Å². The Bertz CT molecular complexity index is 857. The first-order valence-corrected chi connectivity index (χ1v) is 9.38. The number of hydrogen-bond donors (Lipinski definition) is 2. The number of pyridine rings is 1. The molecule has 0 bridgehead atoms.